The first-order valence-electron chi connectivity index (χ1n) is 4.46. The van der Waals surface area contributed by atoms with Gasteiger partial charge < -0.3 is 14.6 Å². The van der Waals surface area contributed by atoms with Gasteiger partial charge in [0.15, 0.2) is 11.5 Å². The predicted octanol–water partition coefficient (Wildman–Crippen LogP) is 2.22. The lowest BCUT2D eigenvalue weighted by molar-refractivity contribution is -0.410. The largest absolute Gasteiger partial charge is 0.504 e. The Kier molecular flexibility index (Phi) is 4.17. The second-order valence-electron chi connectivity index (χ2n) is 2.96. The fourth-order valence-corrected chi connectivity index (χ4v) is 1.34. The van der Waals surface area contributed by atoms with Gasteiger partial charge in [0.1, 0.15) is 0 Å². The zero-order chi connectivity index (χ0) is 13.0. The van der Waals surface area contributed by atoms with E-state index in [0.29, 0.717) is 5.75 Å². The van der Waals surface area contributed by atoms with Crippen LogP contribution in [0, 0.1) is 10.1 Å². The highest BCUT2D eigenvalue weighted by molar-refractivity contribution is 6.29. The highest BCUT2D eigenvalue weighted by Gasteiger charge is 2.15. The number of halogens is 1. The van der Waals surface area contributed by atoms with Gasteiger partial charge in [-0.3, -0.25) is 10.1 Å². The SMILES string of the molecule is COc1ccc(/C=C(\Cl)[N+](=O)[O-])c(O)c1OC. The number of rotatable bonds is 4. The smallest absolute Gasteiger partial charge is 0.337 e. The number of aromatic hydroxyl groups is 1. The maximum Gasteiger partial charge on any atom is 0.337 e. The van der Waals surface area contributed by atoms with E-state index in [1.54, 1.807) is 0 Å². The van der Waals surface area contributed by atoms with E-state index in [2.05, 4.69) is 0 Å². The molecule has 0 aliphatic heterocycles. The Morgan fingerprint density at radius 1 is 1.47 bits per heavy atom. The van der Waals surface area contributed by atoms with E-state index >= 15 is 0 Å². The lowest BCUT2D eigenvalue weighted by Gasteiger charge is -2.10. The lowest BCUT2D eigenvalue weighted by Crippen LogP contribution is -1.94. The van der Waals surface area contributed by atoms with Crippen LogP contribution in [0.4, 0.5) is 0 Å². The van der Waals surface area contributed by atoms with Crippen LogP contribution in [-0.4, -0.2) is 24.2 Å². The third-order valence-electron chi connectivity index (χ3n) is 2.00. The number of nitro groups is 1. The standard InChI is InChI=1S/C10H10ClNO5/c1-16-7-4-3-6(5-8(11)12(14)15)9(13)10(7)17-2/h3-5,13H,1-2H3/b8-5+. The first-order valence-corrected chi connectivity index (χ1v) is 4.84. The number of ether oxygens (including phenoxy) is 2. The Bertz CT molecular complexity index is 472. The van der Waals surface area contributed by atoms with Gasteiger partial charge >= 0.3 is 5.16 Å². The molecule has 7 heteroatoms. The Labute approximate surface area is 102 Å². The molecular weight excluding hydrogens is 250 g/mol. The third-order valence-corrected chi connectivity index (χ3v) is 2.25. The summed E-state index contributed by atoms with van der Waals surface area (Å²) in [4.78, 5) is 9.59. The van der Waals surface area contributed by atoms with Crippen LogP contribution in [0.2, 0.25) is 0 Å². The Morgan fingerprint density at radius 3 is 2.59 bits per heavy atom. The molecule has 0 heterocycles. The number of nitrogens with zero attached hydrogens (tertiary/aromatic N) is 1. The molecule has 0 aliphatic carbocycles. The van der Waals surface area contributed by atoms with Gasteiger partial charge in [-0.15, -0.1) is 0 Å². The van der Waals surface area contributed by atoms with Gasteiger partial charge in [-0.25, -0.2) is 0 Å². The van der Waals surface area contributed by atoms with Crippen LogP contribution in [0.3, 0.4) is 0 Å². The zero-order valence-corrected chi connectivity index (χ0v) is 9.89. The fraction of sp³-hybridized carbons (Fsp3) is 0.200. The summed E-state index contributed by atoms with van der Waals surface area (Å²) < 4.78 is 9.88. The summed E-state index contributed by atoms with van der Waals surface area (Å²) in [5, 5.41) is 19.6. The highest BCUT2D eigenvalue weighted by Crippen LogP contribution is 2.39. The monoisotopic (exact) mass is 259 g/mol. The molecule has 0 aliphatic rings. The minimum Gasteiger partial charge on any atom is -0.504 e. The Morgan fingerprint density at radius 2 is 2.12 bits per heavy atom. The number of hydrogen-bond donors (Lipinski definition) is 1. The van der Waals surface area contributed by atoms with Crippen LogP contribution < -0.4 is 9.47 Å². The quantitative estimate of drug-likeness (QED) is 0.509. The van der Waals surface area contributed by atoms with Gasteiger partial charge in [0.05, 0.1) is 19.1 Å². The minimum absolute atomic E-state index is 0.0917. The first kappa shape index (κ1) is 13.1. The van der Waals surface area contributed by atoms with Gasteiger partial charge in [-0.1, -0.05) is 0 Å². The molecule has 0 bridgehead atoms. The van der Waals surface area contributed by atoms with E-state index in [-0.39, 0.29) is 17.1 Å². The molecule has 0 aromatic heterocycles. The summed E-state index contributed by atoms with van der Waals surface area (Å²) in [6.45, 7) is 0. The molecule has 1 aromatic rings. The molecule has 1 N–H and O–H groups in total. The number of phenolic OH excluding ortho intramolecular Hbond substituents is 1. The second-order valence-corrected chi connectivity index (χ2v) is 3.35. The van der Waals surface area contributed by atoms with Crippen molar-refractivity contribution >= 4 is 17.7 Å². The van der Waals surface area contributed by atoms with Crippen molar-refractivity contribution in [1.29, 1.82) is 0 Å². The van der Waals surface area contributed by atoms with Crippen molar-refractivity contribution in [2.45, 2.75) is 0 Å². The maximum atomic E-state index is 10.4. The van der Waals surface area contributed by atoms with E-state index in [1.165, 1.54) is 26.4 Å². The van der Waals surface area contributed by atoms with E-state index in [1.807, 2.05) is 0 Å². The molecular formula is C10H10ClNO5. The first-order chi connectivity index (χ1) is 8.01. The Hall–Kier alpha value is -1.95. The Balaban J connectivity index is 3.29. The van der Waals surface area contributed by atoms with Crippen LogP contribution >= 0.6 is 11.6 Å². The highest BCUT2D eigenvalue weighted by atomic mass is 35.5. The zero-order valence-electron chi connectivity index (χ0n) is 9.14. The van der Waals surface area contributed by atoms with E-state index in [0.717, 1.165) is 6.08 Å². The van der Waals surface area contributed by atoms with E-state index < -0.39 is 10.1 Å². The molecule has 92 valence electrons. The minimum atomic E-state index is -0.766. The summed E-state index contributed by atoms with van der Waals surface area (Å²) in [6.07, 6.45) is 1.03. The van der Waals surface area contributed by atoms with Crippen LogP contribution in [0.5, 0.6) is 17.2 Å². The number of phenols is 1. The molecule has 1 aromatic carbocycles. The van der Waals surface area contributed by atoms with E-state index in [4.69, 9.17) is 21.1 Å². The summed E-state index contributed by atoms with van der Waals surface area (Å²) in [6, 6.07) is 2.94. The van der Waals surface area contributed by atoms with Crippen LogP contribution in [0.15, 0.2) is 17.3 Å². The van der Waals surface area contributed by atoms with Crippen molar-refractivity contribution in [2.24, 2.45) is 0 Å². The molecule has 0 unspecified atom stereocenters. The van der Waals surface area contributed by atoms with Gasteiger partial charge in [0.2, 0.25) is 5.75 Å². The molecule has 0 radical (unpaired) electrons. The van der Waals surface area contributed by atoms with E-state index in [9.17, 15) is 15.2 Å². The molecule has 0 saturated heterocycles. The number of hydrogen-bond acceptors (Lipinski definition) is 5. The fourth-order valence-electron chi connectivity index (χ4n) is 1.22. The second kappa shape index (κ2) is 5.40. The number of benzene rings is 1. The normalized spacial score (nSPS) is 11.1. The van der Waals surface area contributed by atoms with Crippen molar-refractivity contribution in [3.05, 3.63) is 33.0 Å². The summed E-state index contributed by atoms with van der Waals surface area (Å²) in [5.41, 5.74) is 0.171. The molecule has 1 rings (SSSR count). The van der Waals surface area contributed by atoms with Crippen molar-refractivity contribution in [1.82, 2.24) is 0 Å². The maximum absolute atomic E-state index is 10.4. The number of methoxy groups -OCH3 is 2. The van der Waals surface area contributed by atoms with Crippen molar-refractivity contribution in [3.8, 4) is 17.2 Å². The molecule has 0 fully saturated rings. The predicted molar refractivity (Wildman–Crippen MR) is 62.0 cm³/mol. The summed E-state index contributed by atoms with van der Waals surface area (Å²) in [7, 11) is 2.76. The average Bonchev–Trinajstić information content (AvgIpc) is 2.31. The lowest BCUT2D eigenvalue weighted by atomic mass is 10.1. The molecule has 0 atom stereocenters. The van der Waals surface area contributed by atoms with Crippen molar-refractivity contribution in [3.63, 3.8) is 0 Å². The van der Waals surface area contributed by atoms with Crippen molar-refractivity contribution in [2.75, 3.05) is 14.2 Å². The molecule has 6 nitrogen and oxygen atoms in total. The molecule has 0 amide bonds. The van der Waals surface area contributed by atoms with Crippen molar-refractivity contribution < 1.29 is 19.5 Å². The molecule has 0 saturated carbocycles. The average molecular weight is 260 g/mol. The summed E-state index contributed by atoms with van der Waals surface area (Å²) >= 11 is 5.37. The molecule has 0 spiro atoms. The topological polar surface area (TPSA) is 81.8 Å². The van der Waals surface area contributed by atoms with Gasteiger partial charge in [0.25, 0.3) is 0 Å². The van der Waals surface area contributed by atoms with Crippen LogP contribution in [0.1, 0.15) is 5.56 Å². The van der Waals surface area contributed by atoms with Gasteiger partial charge in [0, 0.05) is 11.6 Å². The van der Waals surface area contributed by atoms with Crippen LogP contribution in [0.25, 0.3) is 6.08 Å². The van der Waals surface area contributed by atoms with Crippen LogP contribution in [-0.2, 0) is 0 Å². The van der Waals surface area contributed by atoms with Gasteiger partial charge in [-0.05, 0) is 23.7 Å². The summed E-state index contributed by atoms with van der Waals surface area (Å²) in [5.74, 6) is 0.139. The van der Waals surface area contributed by atoms with Gasteiger partial charge in [-0.2, -0.15) is 0 Å². The molecule has 17 heavy (non-hydrogen) atoms. The third kappa shape index (κ3) is 2.79.